The Bertz CT molecular complexity index is 692. The van der Waals surface area contributed by atoms with Crippen LogP contribution in [0.2, 0.25) is 0 Å². The molecule has 114 valence electrons. The van der Waals surface area contributed by atoms with Crippen molar-refractivity contribution in [3.63, 3.8) is 0 Å². The molecule has 0 amide bonds. The van der Waals surface area contributed by atoms with Gasteiger partial charge in [-0.3, -0.25) is 0 Å². The monoisotopic (exact) mass is 315 g/mol. The van der Waals surface area contributed by atoms with Crippen LogP contribution in [0.3, 0.4) is 0 Å². The first-order chi connectivity index (χ1) is 10.8. The van der Waals surface area contributed by atoms with Gasteiger partial charge >= 0.3 is 0 Å². The van der Waals surface area contributed by atoms with E-state index in [1.54, 1.807) is 16.0 Å². The van der Waals surface area contributed by atoms with E-state index in [0.29, 0.717) is 12.0 Å². The summed E-state index contributed by atoms with van der Waals surface area (Å²) in [6, 6.07) is 14.5. The van der Waals surface area contributed by atoms with Crippen molar-refractivity contribution in [3.8, 4) is 5.69 Å². The van der Waals surface area contributed by atoms with Crippen molar-refractivity contribution >= 4 is 17.3 Å². The summed E-state index contributed by atoms with van der Waals surface area (Å²) < 4.78 is 1.72. The zero-order valence-electron chi connectivity index (χ0n) is 12.6. The third kappa shape index (κ3) is 3.15. The second-order valence-corrected chi connectivity index (χ2v) is 6.26. The minimum atomic E-state index is 0.362. The number of para-hydroxylation sites is 1. The number of likely N-dealkylation sites (N-methyl/N-ethyl adjacent to an activating group) is 1. The number of thiophene rings is 1. The predicted octanol–water partition coefficient (Wildman–Crippen LogP) is 1.02. The molecule has 6 nitrogen and oxygen atoms in total. The van der Waals surface area contributed by atoms with Gasteiger partial charge in [0.2, 0.25) is 5.95 Å². The summed E-state index contributed by atoms with van der Waals surface area (Å²) >= 11 is 1.78. The highest BCUT2D eigenvalue weighted by molar-refractivity contribution is 7.10. The Morgan fingerprint density at radius 1 is 1.18 bits per heavy atom. The van der Waals surface area contributed by atoms with Gasteiger partial charge in [0.25, 0.3) is 0 Å². The molecule has 2 heterocycles. The normalized spacial score (nSPS) is 12.5. The lowest BCUT2D eigenvalue weighted by atomic mass is 10.2. The molecule has 7 heteroatoms. The maximum absolute atomic E-state index is 4.09. The Kier molecular flexibility index (Phi) is 4.45. The van der Waals surface area contributed by atoms with E-state index in [1.165, 1.54) is 9.78 Å². The number of benzene rings is 1. The fourth-order valence-electron chi connectivity index (χ4n) is 2.31. The van der Waals surface area contributed by atoms with Crippen LogP contribution in [0.5, 0.6) is 0 Å². The molecule has 0 spiro atoms. The number of rotatable bonds is 6. The molecular weight excluding hydrogens is 296 g/mol. The van der Waals surface area contributed by atoms with Crippen LogP contribution in [0.1, 0.15) is 10.9 Å². The predicted molar refractivity (Wildman–Crippen MR) is 87.5 cm³/mol. The molecule has 3 rings (SSSR count). The maximum Gasteiger partial charge on any atom is 0.247 e. The lowest BCUT2D eigenvalue weighted by molar-refractivity contribution is -0.889. The van der Waals surface area contributed by atoms with E-state index in [0.717, 1.165) is 12.2 Å². The van der Waals surface area contributed by atoms with Gasteiger partial charge in [-0.25, -0.2) is 0 Å². The molecule has 0 aliphatic carbocycles. The highest BCUT2D eigenvalue weighted by atomic mass is 32.1. The molecular formula is C15H19N6S+. The van der Waals surface area contributed by atoms with Crippen LogP contribution >= 0.6 is 11.3 Å². The van der Waals surface area contributed by atoms with Crippen molar-refractivity contribution in [3.05, 3.63) is 52.7 Å². The van der Waals surface area contributed by atoms with Crippen LogP contribution < -0.4 is 10.2 Å². The number of hydrogen-bond acceptors (Lipinski definition) is 5. The molecule has 0 bridgehead atoms. The van der Waals surface area contributed by atoms with E-state index < -0.39 is 0 Å². The fraction of sp³-hybridized carbons (Fsp3) is 0.267. The molecule has 3 aromatic rings. The third-order valence-electron chi connectivity index (χ3n) is 3.52. The van der Waals surface area contributed by atoms with Gasteiger partial charge in [-0.05, 0) is 34.0 Å². The Hall–Kier alpha value is -2.25. The Labute approximate surface area is 133 Å². The molecule has 0 aliphatic rings. The lowest BCUT2D eigenvalue weighted by Gasteiger charge is -2.20. The average molecular weight is 315 g/mol. The van der Waals surface area contributed by atoms with Crippen LogP contribution in [0.15, 0.2) is 47.8 Å². The van der Waals surface area contributed by atoms with Crippen molar-refractivity contribution in [2.24, 2.45) is 0 Å². The van der Waals surface area contributed by atoms with E-state index in [2.05, 4.69) is 52.5 Å². The standard InChI is InChI=1S/C15H18N6S/c1-20(2)13(14-9-6-10-22-14)11-16-15-17-18-19-21(15)12-7-4-3-5-8-12/h3-10,13H,11H2,1-2H3,(H,16,17,19)/p+1/t13-/m1/s1. The molecule has 1 atom stereocenters. The first kappa shape index (κ1) is 14.7. The molecule has 2 aromatic heterocycles. The summed E-state index contributed by atoms with van der Waals surface area (Å²) in [7, 11) is 4.32. The van der Waals surface area contributed by atoms with Crippen LogP contribution in [0, 0.1) is 0 Å². The number of aromatic nitrogens is 4. The highest BCUT2D eigenvalue weighted by Crippen LogP contribution is 2.17. The molecule has 22 heavy (non-hydrogen) atoms. The van der Waals surface area contributed by atoms with Gasteiger partial charge in [0.05, 0.1) is 31.2 Å². The second-order valence-electron chi connectivity index (χ2n) is 5.28. The summed E-state index contributed by atoms with van der Waals surface area (Å²) in [5, 5.41) is 17.4. The summed E-state index contributed by atoms with van der Waals surface area (Å²) in [5.41, 5.74) is 0.944. The van der Waals surface area contributed by atoms with E-state index in [1.807, 2.05) is 30.3 Å². The van der Waals surface area contributed by atoms with Gasteiger partial charge in [-0.1, -0.05) is 29.4 Å². The molecule has 0 saturated carbocycles. The third-order valence-corrected chi connectivity index (χ3v) is 4.50. The van der Waals surface area contributed by atoms with Crippen molar-refractivity contribution < 1.29 is 4.90 Å². The van der Waals surface area contributed by atoms with Gasteiger partial charge < -0.3 is 10.2 Å². The zero-order valence-corrected chi connectivity index (χ0v) is 13.4. The first-order valence-corrected chi connectivity index (χ1v) is 8.05. The summed E-state index contributed by atoms with van der Waals surface area (Å²) in [5.74, 6) is 0.661. The van der Waals surface area contributed by atoms with E-state index in [-0.39, 0.29) is 0 Å². The minimum absolute atomic E-state index is 0.362. The Morgan fingerprint density at radius 3 is 2.68 bits per heavy atom. The SMILES string of the molecule is C[NH+](C)[C@H](CNc1nnnn1-c1ccccc1)c1cccs1. The fourth-order valence-corrected chi connectivity index (χ4v) is 3.27. The number of nitrogens with one attached hydrogen (secondary N) is 2. The summed E-state index contributed by atoms with van der Waals surface area (Å²) in [6.45, 7) is 0.774. The molecule has 2 N–H and O–H groups in total. The molecule has 0 aliphatic heterocycles. The quantitative estimate of drug-likeness (QED) is 0.713. The molecule has 0 fully saturated rings. The number of hydrogen-bond donors (Lipinski definition) is 2. The van der Waals surface area contributed by atoms with Crippen molar-refractivity contribution in [2.75, 3.05) is 26.0 Å². The number of nitrogens with zero attached hydrogens (tertiary/aromatic N) is 4. The Balaban J connectivity index is 1.76. The van der Waals surface area contributed by atoms with Gasteiger partial charge in [0.1, 0.15) is 6.04 Å². The van der Waals surface area contributed by atoms with Gasteiger partial charge in [-0.2, -0.15) is 4.68 Å². The van der Waals surface area contributed by atoms with Crippen LogP contribution in [0.25, 0.3) is 5.69 Å². The second kappa shape index (κ2) is 6.67. The average Bonchev–Trinajstić information content (AvgIpc) is 3.19. The van der Waals surface area contributed by atoms with Crippen LogP contribution in [-0.2, 0) is 0 Å². The maximum atomic E-state index is 4.09. The largest absolute Gasteiger partial charge is 0.346 e. The summed E-state index contributed by atoms with van der Waals surface area (Å²) in [4.78, 5) is 2.72. The minimum Gasteiger partial charge on any atom is -0.346 e. The number of quaternary nitrogens is 1. The van der Waals surface area contributed by atoms with Crippen molar-refractivity contribution in [1.82, 2.24) is 20.2 Å². The van der Waals surface area contributed by atoms with E-state index in [9.17, 15) is 0 Å². The molecule has 0 unspecified atom stereocenters. The zero-order chi connectivity index (χ0) is 15.4. The van der Waals surface area contributed by atoms with Crippen molar-refractivity contribution in [2.45, 2.75) is 6.04 Å². The number of tetrazole rings is 1. The molecule has 0 radical (unpaired) electrons. The number of anilines is 1. The van der Waals surface area contributed by atoms with Gasteiger partial charge in [-0.15, -0.1) is 11.3 Å². The van der Waals surface area contributed by atoms with Gasteiger partial charge in [0.15, 0.2) is 0 Å². The Morgan fingerprint density at radius 2 is 2.00 bits per heavy atom. The lowest BCUT2D eigenvalue weighted by Crippen LogP contribution is -3.06. The van der Waals surface area contributed by atoms with E-state index >= 15 is 0 Å². The first-order valence-electron chi connectivity index (χ1n) is 7.17. The highest BCUT2D eigenvalue weighted by Gasteiger charge is 2.20. The smallest absolute Gasteiger partial charge is 0.247 e. The van der Waals surface area contributed by atoms with Gasteiger partial charge in [0, 0.05) is 0 Å². The summed E-state index contributed by atoms with van der Waals surface area (Å²) in [6.07, 6.45) is 0. The van der Waals surface area contributed by atoms with E-state index in [4.69, 9.17) is 0 Å². The van der Waals surface area contributed by atoms with Crippen LogP contribution in [0.4, 0.5) is 5.95 Å². The van der Waals surface area contributed by atoms with Crippen LogP contribution in [-0.4, -0.2) is 40.8 Å². The molecule has 1 aromatic carbocycles. The topological polar surface area (TPSA) is 60.1 Å². The van der Waals surface area contributed by atoms with Crippen molar-refractivity contribution in [1.29, 1.82) is 0 Å². The molecule has 0 saturated heterocycles.